The van der Waals surface area contributed by atoms with E-state index in [9.17, 15) is 0 Å². The maximum atomic E-state index is 3.58. The molecule has 19 heavy (non-hydrogen) atoms. The van der Waals surface area contributed by atoms with Crippen LogP contribution in [0.5, 0.6) is 0 Å². The van der Waals surface area contributed by atoms with Gasteiger partial charge in [-0.05, 0) is 31.9 Å². The van der Waals surface area contributed by atoms with E-state index in [2.05, 4.69) is 60.5 Å². The van der Waals surface area contributed by atoms with Crippen molar-refractivity contribution in [2.75, 3.05) is 26.2 Å². The number of nitrogens with one attached hydrogen (secondary N) is 1. The van der Waals surface area contributed by atoms with Crippen LogP contribution < -0.4 is 5.32 Å². The molecule has 2 nitrogen and oxygen atoms in total. The molecule has 0 saturated heterocycles. The van der Waals surface area contributed by atoms with Crippen LogP contribution in [0.15, 0.2) is 42.0 Å². The van der Waals surface area contributed by atoms with Crippen LogP contribution in [0.3, 0.4) is 0 Å². The molecule has 104 valence electrons. The van der Waals surface area contributed by atoms with Gasteiger partial charge < -0.3 is 5.32 Å². The number of benzene rings is 1. The normalized spacial score (nSPS) is 18.1. The van der Waals surface area contributed by atoms with Gasteiger partial charge in [-0.25, -0.2) is 0 Å². The molecule has 2 heteroatoms. The Kier molecular flexibility index (Phi) is 5.62. The third-order valence-corrected chi connectivity index (χ3v) is 3.86. The topological polar surface area (TPSA) is 15.3 Å². The summed E-state index contributed by atoms with van der Waals surface area (Å²) in [7, 11) is 0. The number of hydrogen-bond acceptors (Lipinski definition) is 2. The Labute approximate surface area is 117 Å². The third-order valence-electron chi connectivity index (χ3n) is 3.86. The predicted molar refractivity (Wildman–Crippen MR) is 82.3 cm³/mol. The van der Waals surface area contributed by atoms with Crippen LogP contribution in [-0.4, -0.2) is 31.1 Å². The van der Waals surface area contributed by atoms with Gasteiger partial charge in [0, 0.05) is 25.7 Å². The van der Waals surface area contributed by atoms with E-state index in [1.807, 2.05) is 0 Å². The van der Waals surface area contributed by atoms with Gasteiger partial charge in [-0.3, -0.25) is 4.90 Å². The zero-order valence-electron chi connectivity index (χ0n) is 12.2. The Balaban J connectivity index is 2.06. The van der Waals surface area contributed by atoms with E-state index in [0.29, 0.717) is 6.04 Å². The van der Waals surface area contributed by atoms with Gasteiger partial charge >= 0.3 is 0 Å². The van der Waals surface area contributed by atoms with E-state index in [1.54, 1.807) is 0 Å². The van der Waals surface area contributed by atoms with Crippen molar-refractivity contribution >= 4 is 0 Å². The first-order valence-electron chi connectivity index (χ1n) is 7.46. The molecule has 1 aromatic carbocycles. The highest BCUT2D eigenvalue weighted by molar-refractivity contribution is 5.20. The van der Waals surface area contributed by atoms with E-state index in [-0.39, 0.29) is 0 Å². The quantitative estimate of drug-likeness (QED) is 0.621. The summed E-state index contributed by atoms with van der Waals surface area (Å²) < 4.78 is 0. The summed E-state index contributed by atoms with van der Waals surface area (Å²) in [6.45, 7) is 8.87. The van der Waals surface area contributed by atoms with Crippen LogP contribution in [0.1, 0.15) is 38.3 Å². The van der Waals surface area contributed by atoms with Crippen molar-refractivity contribution in [3.63, 3.8) is 0 Å². The molecule has 1 aliphatic heterocycles. The zero-order valence-corrected chi connectivity index (χ0v) is 12.2. The molecule has 1 heterocycles. The Morgan fingerprint density at radius 1 is 1.26 bits per heavy atom. The first-order chi connectivity index (χ1) is 9.31. The molecule has 1 aliphatic rings. The van der Waals surface area contributed by atoms with Crippen molar-refractivity contribution in [3.8, 4) is 0 Å². The Morgan fingerprint density at radius 3 is 2.68 bits per heavy atom. The van der Waals surface area contributed by atoms with Gasteiger partial charge in [0.05, 0.1) is 0 Å². The van der Waals surface area contributed by atoms with Crippen molar-refractivity contribution in [3.05, 3.63) is 47.5 Å². The van der Waals surface area contributed by atoms with E-state index >= 15 is 0 Å². The van der Waals surface area contributed by atoms with Crippen molar-refractivity contribution < 1.29 is 0 Å². The molecule has 0 bridgehead atoms. The summed E-state index contributed by atoms with van der Waals surface area (Å²) in [5.74, 6) is 0. The van der Waals surface area contributed by atoms with Crippen LogP contribution in [0.25, 0.3) is 0 Å². The second kappa shape index (κ2) is 7.46. The largest absolute Gasteiger partial charge is 0.315 e. The molecule has 0 radical (unpaired) electrons. The van der Waals surface area contributed by atoms with Gasteiger partial charge in [0.1, 0.15) is 0 Å². The zero-order chi connectivity index (χ0) is 13.5. The summed E-state index contributed by atoms with van der Waals surface area (Å²) >= 11 is 0. The van der Waals surface area contributed by atoms with Crippen LogP contribution in [0, 0.1) is 0 Å². The summed E-state index contributed by atoms with van der Waals surface area (Å²) in [6, 6.07) is 11.4. The SMILES string of the molecule is CCCNCC(c1ccccc1)N1CC=C(C)CC1. The number of nitrogens with zero attached hydrogens (tertiary/aromatic N) is 1. The van der Waals surface area contributed by atoms with Gasteiger partial charge in [0.2, 0.25) is 0 Å². The molecule has 1 unspecified atom stereocenters. The Bertz CT molecular complexity index is 397. The smallest absolute Gasteiger partial charge is 0.0476 e. The molecule has 2 rings (SSSR count). The molecule has 0 spiro atoms. The molecule has 0 aliphatic carbocycles. The molecule has 0 fully saturated rings. The van der Waals surface area contributed by atoms with Gasteiger partial charge in [0.25, 0.3) is 0 Å². The fraction of sp³-hybridized carbons (Fsp3) is 0.529. The second-order valence-corrected chi connectivity index (χ2v) is 5.43. The summed E-state index contributed by atoms with van der Waals surface area (Å²) in [5.41, 5.74) is 2.96. The maximum Gasteiger partial charge on any atom is 0.0476 e. The molecule has 0 aromatic heterocycles. The fourth-order valence-electron chi connectivity index (χ4n) is 2.62. The number of hydrogen-bond donors (Lipinski definition) is 1. The average Bonchev–Trinajstić information content (AvgIpc) is 2.46. The van der Waals surface area contributed by atoms with Gasteiger partial charge in [-0.15, -0.1) is 0 Å². The minimum Gasteiger partial charge on any atom is -0.315 e. The highest BCUT2D eigenvalue weighted by atomic mass is 15.2. The van der Waals surface area contributed by atoms with Crippen molar-refractivity contribution in [2.45, 2.75) is 32.7 Å². The molecular weight excluding hydrogens is 232 g/mol. The molecule has 1 aromatic rings. The maximum absolute atomic E-state index is 3.58. The third kappa shape index (κ3) is 4.19. The van der Waals surface area contributed by atoms with Gasteiger partial charge in [-0.1, -0.05) is 48.9 Å². The lowest BCUT2D eigenvalue weighted by atomic mass is 10.0. The molecule has 1 N–H and O–H groups in total. The summed E-state index contributed by atoms with van der Waals surface area (Å²) in [6.07, 6.45) is 4.77. The highest BCUT2D eigenvalue weighted by Gasteiger charge is 2.20. The van der Waals surface area contributed by atoms with E-state index in [4.69, 9.17) is 0 Å². The molecule has 0 amide bonds. The van der Waals surface area contributed by atoms with Crippen molar-refractivity contribution in [1.82, 2.24) is 10.2 Å². The minimum absolute atomic E-state index is 0.497. The summed E-state index contributed by atoms with van der Waals surface area (Å²) in [4.78, 5) is 2.59. The average molecular weight is 258 g/mol. The monoisotopic (exact) mass is 258 g/mol. The van der Waals surface area contributed by atoms with Gasteiger partial charge in [0.15, 0.2) is 0 Å². The lowest BCUT2D eigenvalue weighted by Crippen LogP contribution is -2.38. The van der Waals surface area contributed by atoms with Crippen LogP contribution in [-0.2, 0) is 0 Å². The lowest BCUT2D eigenvalue weighted by molar-refractivity contribution is 0.207. The molecule has 0 saturated carbocycles. The highest BCUT2D eigenvalue weighted by Crippen LogP contribution is 2.23. The summed E-state index contributed by atoms with van der Waals surface area (Å²) in [5, 5.41) is 3.58. The van der Waals surface area contributed by atoms with Crippen LogP contribution >= 0.6 is 0 Å². The first kappa shape index (κ1) is 14.3. The van der Waals surface area contributed by atoms with E-state index < -0.39 is 0 Å². The fourth-order valence-corrected chi connectivity index (χ4v) is 2.62. The predicted octanol–water partition coefficient (Wildman–Crippen LogP) is 3.38. The van der Waals surface area contributed by atoms with E-state index in [1.165, 1.54) is 30.5 Å². The van der Waals surface area contributed by atoms with Crippen LogP contribution in [0.2, 0.25) is 0 Å². The Hall–Kier alpha value is -1.12. The van der Waals surface area contributed by atoms with Gasteiger partial charge in [-0.2, -0.15) is 0 Å². The lowest BCUT2D eigenvalue weighted by Gasteiger charge is -2.34. The number of rotatable bonds is 6. The first-order valence-corrected chi connectivity index (χ1v) is 7.46. The standard InChI is InChI=1S/C17H26N2/c1-3-11-18-14-17(16-7-5-4-6-8-16)19-12-9-15(2)10-13-19/h4-9,17-18H,3,10-14H2,1-2H3. The second-order valence-electron chi connectivity index (χ2n) is 5.43. The minimum atomic E-state index is 0.497. The molecule has 1 atom stereocenters. The van der Waals surface area contributed by atoms with Crippen molar-refractivity contribution in [2.24, 2.45) is 0 Å². The molecular formula is C17H26N2. The Morgan fingerprint density at radius 2 is 2.05 bits per heavy atom. The van der Waals surface area contributed by atoms with Crippen LogP contribution in [0.4, 0.5) is 0 Å². The van der Waals surface area contributed by atoms with E-state index in [0.717, 1.165) is 19.6 Å². The van der Waals surface area contributed by atoms with Crippen molar-refractivity contribution in [1.29, 1.82) is 0 Å².